The van der Waals surface area contributed by atoms with Gasteiger partial charge in [-0.15, -0.1) is 0 Å². The van der Waals surface area contributed by atoms with Gasteiger partial charge in [0.2, 0.25) is 0 Å². The normalized spacial score (nSPS) is 12.7. The summed E-state index contributed by atoms with van der Waals surface area (Å²) in [5.74, 6) is -1.02. The summed E-state index contributed by atoms with van der Waals surface area (Å²) in [5.41, 5.74) is 5.57. The molecule has 39 heavy (non-hydrogen) atoms. The molecule has 0 heterocycles. The molecule has 1 aliphatic rings. The smallest absolute Gasteiger partial charge is 0.407 e. The van der Waals surface area contributed by atoms with Crippen molar-refractivity contribution in [3.8, 4) is 16.9 Å². The Morgan fingerprint density at radius 3 is 2.15 bits per heavy atom. The molecule has 7 heteroatoms. The molecule has 0 aromatic heterocycles. The number of ether oxygens (including phenoxy) is 3. The summed E-state index contributed by atoms with van der Waals surface area (Å²) in [7, 11) is 1.21. The van der Waals surface area contributed by atoms with E-state index in [1.54, 1.807) is 6.07 Å². The lowest BCUT2D eigenvalue weighted by molar-refractivity contribution is -0.143. The average Bonchev–Trinajstić information content (AvgIpc) is 3.29. The molecule has 4 aromatic carbocycles. The number of rotatable bonds is 9. The second-order valence-electron chi connectivity index (χ2n) is 9.28. The number of nitrogens with one attached hydrogen (secondary N) is 1. The highest BCUT2D eigenvalue weighted by molar-refractivity contribution is 5.82. The standard InChI is InChI=1S/C32H28FNO5/c1-37-31(35)30(17-22-15-16-23(18-29(22)33)38-19-21-9-3-2-4-10-21)34-32(36)39-20-28-26-13-7-5-11-24(26)25-12-6-8-14-27(25)28/h2-16,18,28,30H,17,19-20H2,1H3,(H,34,36)/t30-/m0/s1. The number of carbonyl (C=O) groups excluding carboxylic acids is 2. The minimum atomic E-state index is -1.13. The summed E-state index contributed by atoms with van der Waals surface area (Å²) in [6.07, 6.45) is -0.891. The minimum Gasteiger partial charge on any atom is -0.489 e. The summed E-state index contributed by atoms with van der Waals surface area (Å²) in [6, 6.07) is 28.9. The van der Waals surface area contributed by atoms with E-state index < -0.39 is 23.9 Å². The fourth-order valence-electron chi connectivity index (χ4n) is 4.86. The van der Waals surface area contributed by atoms with Crippen LogP contribution in [0.4, 0.5) is 9.18 Å². The van der Waals surface area contributed by atoms with Gasteiger partial charge in [0.1, 0.15) is 30.8 Å². The molecule has 4 aromatic rings. The number of benzene rings is 4. The lowest BCUT2D eigenvalue weighted by Gasteiger charge is -2.19. The zero-order valence-electron chi connectivity index (χ0n) is 21.4. The lowest BCUT2D eigenvalue weighted by atomic mass is 9.98. The van der Waals surface area contributed by atoms with Gasteiger partial charge in [0.25, 0.3) is 0 Å². The van der Waals surface area contributed by atoms with Crippen molar-refractivity contribution in [3.05, 3.63) is 125 Å². The Labute approximate surface area is 226 Å². The van der Waals surface area contributed by atoms with Crippen molar-refractivity contribution in [1.82, 2.24) is 5.32 Å². The zero-order valence-corrected chi connectivity index (χ0v) is 21.4. The van der Waals surface area contributed by atoms with Gasteiger partial charge in [0.15, 0.2) is 0 Å². The molecule has 1 aliphatic carbocycles. The first-order valence-corrected chi connectivity index (χ1v) is 12.7. The zero-order chi connectivity index (χ0) is 27.2. The van der Waals surface area contributed by atoms with Gasteiger partial charge in [0.05, 0.1) is 7.11 Å². The molecule has 0 fully saturated rings. The number of hydrogen-bond acceptors (Lipinski definition) is 5. The van der Waals surface area contributed by atoms with Crippen molar-refractivity contribution in [3.63, 3.8) is 0 Å². The van der Waals surface area contributed by atoms with E-state index in [4.69, 9.17) is 14.2 Å². The van der Waals surface area contributed by atoms with Crippen LogP contribution in [0, 0.1) is 5.82 Å². The van der Waals surface area contributed by atoms with Crippen molar-refractivity contribution in [1.29, 1.82) is 0 Å². The second-order valence-corrected chi connectivity index (χ2v) is 9.28. The summed E-state index contributed by atoms with van der Waals surface area (Å²) < 4.78 is 31.0. The Morgan fingerprint density at radius 2 is 1.51 bits per heavy atom. The van der Waals surface area contributed by atoms with Crippen LogP contribution in [-0.4, -0.2) is 31.8 Å². The highest BCUT2D eigenvalue weighted by atomic mass is 19.1. The molecule has 1 amide bonds. The van der Waals surface area contributed by atoms with Crippen molar-refractivity contribution in [2.24, 2.45) is 0 Å². The van der Waals surface area contributed by atoms with Gasteiger partial charge in [-0.05, 0) is 39.4 Å². The molecular weight excluding hydrogens is 497 g/mol. The molecule has 0 spiro atoms. The van der Waals surface area contributed by atoms with E-state index in [-0.39, 0.29) is 24.5 Å². The molecule has 198 valence electrons. The van der Waals surface area contributed by atoms with Crippen LogP contribution in [0.25, 0.3) is 11.1 Å². The van der Waals surface area contributed by atoms with Gasteiger partial charge in [-0.25, -0.2) is 14.0 Å². The fourth-order valence-corrected chi connectivity index (χ4v) is 4.86. The number of alkyl carbamates (subject to hydrolysis) is 1. The number of hydrogen-bond donors (Lipinski definition) is 1. The van der Waals surface area contributed by atoms with E-state index in [1.807, 2.05) is 78.9 Å². The van der Waals surface area contributed by atoms with Crippen LogP contribution < -0.4 is 10.1 Å². The predicted octanol–water partition coefficient (Wildman–Crippen LogP) is 6.03. The molecule has 1 N–H and O–H groups in total. The Kier molecular flexibility index (Phi) is 7.87. The molecule has 0 radical (unpaired) electrons. The Morgan fingerprint density at radius 1 is 0.872 bits per heavy atom. The number of fused-ring (bicyclic) bond motifs is 3. The number of esters is 1. The van der Waals surface area contributed by atoms with Crippen molar-refractivity contribution >= 4 is 12.1 Å². The van der Waals surface area contributed by atoms with Crippen LogP contribution in [0.1, 0.15) is 28.2 Å². The van der Waals surface area contributed by atoms with Crippen LogP contribution in [0.5, 0.6) is 5.75 Å². The molecule has 0 saturated carbocycles. The van der Waals surface area contributed by atoms with Crippen LogP contribution in [0.15, 0.2) is 97.1 Å². The Hall–Kier alpha value is -4.65. The topological polar surface area (TPSA) is 73.9 Å². The maximum atomic E-state index is 14.9. The van der Waals surface area contributed by atoms with Crippen molar-refractivity contribution < 1.29 is 28.2 Å². The molecule has 0 bridgehead atoms. The third-order valence-corrected chi connectivity index (χ3v) is 6.82. The van der Waals surface area contributed by atoms with Crippen molar-refractivity contribution in [2.45, 2.75) is 25.0 Å². The number of halogens is 1. The van der Waals surface area contributed by atoms with Crippen LogP contribution in [-0.2, 0) is 27.3 Å². The molecule has 5 rings (SSSR count). The van der Waals surface area contributed by atoms with E-state index in [1.165, 1.54) is 19.2 Å². The SMILES string of the molecule is COC(=O)[C@H](Cc1ccc(OCc2ccccc2)cc1F)NC(=O)OCC1c2ccccc2-c2ccccc21. The fraction of sp³-hybridized carbons (Fsp3) is 0.188. The quantitative estimate of drug-likeness (QED) is 0.270. The van der Waals surface area contributed by atoms with Gasteiger partial charge in [-0.2, -0.15) is 0 Å². The van der Waals surface area contributed by atoms with Gasteiger partial charge in [-0.3, -0.25) is 0 Å². The van der Waals surface area contributed by atoms with E-state index in [9.17, 15) is 14.0 Å². The third kappa shape index (κ3) is 5.93. The van der Waals surface area contributed by atoms with E-state index in [0.29, 0.717) is 12.4 Å². The lowest BCUT2D eigenvalue weighted by Crippen LogP contribution is -2.43. The van der Waals surface area contributed by atoms with E-state index in [0.717, 1.165) is 27.8 Å². The number of amides is 1. The van der Waals surface area contributed by atoms with Crippen LogP contribution >= 0.6 is 0 Å². The maximum absolute atomic E-state index is 14.9. The molecule has 6 nitrogen and oxygen atoms in total. The third-order valence-electron chi connectivity index (χ3n) is 6.82. The Balaban J connectivity index is 1.22. The largest absolute Gasteiger partial charge is 0.489 e. The second kappa shape index (κ2) is 11.8. The van der Waals surface area contributed by atoms with Gasteiger partial charge in [-0.1, -0.05) is 84.9 Å². The number of carbonyl (C=O) groups is 2. The molecule has 0 unspecified atom stereocenters. The highest BCUT2D eigenvalue weighted by Crippen LogP contribution is 2.44. The summed E-state index contributed by atoms with van der Waals surface area (Å²) in [5, 5.41) is 2.54. The average molecular weight is 526 g/mol. The van der Waals surface area contributed by atoms with Crippen LogP contribution in [0.3, 0.4) is 0 Å². The maximum Gasteiger partial charge on any atom is 0.407 e. The van der Waals surface area contributed by atoms with Crippen LogP contribution in [0.2, 0.25) is 0 Å². The first-order chi connectivity index (χ1) is 19.0. The van der Waals surface area contributed by atoms with Crippen molar-refractivity contribution in [2.75, 3.05) is 13.7 Å². The molecule has 0 aliphatic heterocycles. The molecular formula is C32H28FNO5. The highest BCUT2D eigenvalue weighted by Gasteiger charge is 2.30. The molecule has 0 saturated heterocycles. The number of methoxy groups -OCH3 is 1. The molecule has 1 atom stereocenters. The van der Waals surface area contributed by atoms with Gasteiger partial charge in [0, 0.05) is 18.4 Å². The summed E-state index contributed by atoms with van der Waals surface area (Å²) >= 11 is 0. The first-order valence-electron chi connectivity index (χ1n) is 12.7. The first kappa shape index (κ1) is 26.0. The van der Waals surface area contributed by atoms with Gasteiger partial charge < -0.3 is 19.5 Å². The van der Waals surface area contributed by atoms with E-state index in [2.05, 4.69) is 5.32 Å². The summed E-state index contributed by atoms with van der Waals surface area (Å²) in [4.78, 5) is 25.2. The van der Waals surface area contributed by atoms with E-state index >= 15 is 0 Å². The monoisotopic (exact) mass is 525 g/mol. The summed E-state index contributed by atoms with van der Waals surface area (Å²) in [6.45, 7) is 0.392. The Bertz CT molecular complexity index is 1430. The van der Waals surface area contributed by atoms with Gasteiger partial charge >= 0.3 is 12.1 Å². The predicted molar refractivity (Wildman–Crippen MR) is 145 cm³/mol. The minimum absolute atomic E-state index is 0.0928.